The summed E-state index contributed by atoms with van der Waals surface area (Å²) in [6, 6.07) is 0. The van der Waals surface area contributed by atoms with E-state index in [1.807, 2.05) is 0 Å². The van der Waals surface area contributed by atoms with Gasteiger partial charge in [-0.05, 0) is 5.53 Å². The zero-order valence-electron chi connectivity index (χ0n) is 7.19. The smallest absolute Gasteiger partial charge is 0.219 e. The molecule has 4 N–H and O–H groups in total. The van der Waals surface area contributed by atoms with Gasteiger partial charge in [0.05, 0.1) is 19.3 Å². The molecule has 1 aliphatic rings. The van der Waals surface area contributed by atoms with Crippen LogP contribution in [0.5, 0.6) is 0 Å². The molecule has 4 atom stereocenters. The summed E-state index contributed by atoms with van der Waals surface area (Å²) >= 11 is 0. The topological polar surface area (TPSA) is 139 Å². The van der Waals surface area contributed by atoms with Gasteiger partial charge in [0.15, 0.2) is 0 Å². The third kappa shape index (κ3) is 1.80. The molecule has 0 bridgehead atoms. The number of ether oxygens (including phenoxy) is 1. The van der Waals surface area contributed by atoms with E-state index in [0.29, 0.717) is 0 Å². The Morgan fingerprint density at radius 1 is 1.50 bits per heavy atom. The molecule has 80 valence electrons. The van der Waals surface area contributed by atoms with Crippen LogP contribution in [0.1, 0.15) is 0 Å². The normalized spacial score (nSPS) is 42.1. The number of rotatable bonds is 3. The molecule has 14 heavy (non-hydrogen) atoms. The van der Waals surface area contributed by atoms with E-state index in [2.05, 4.69) is 10.0 Å². The molecule has 1 saturated heterocycles. The summed E-state index contributed by atoms with van der Waals surface area (Å²) < 4.78 is 4.77. The first kappa shape index (κ1) is 11.2. The van der Waals surface area contributed by atoms with Gasteiger partial charge in [-0.2, -0.15) is 0 Å². The molecule has 0 saturated carbocycles. The van der Waals surface area contributed by atoms with Crippen molar-refractivity contribution >= 4 is 0 Å². The highest BCUT2D eigenvalue weighted by molar-refractivity contribution is 4.95. The van der Waals surface area contributed by atoms with Gasteiger partial charge in [0, 0.05) is 4.91 Å². The lowest BCUT2D eigenvalue weighted by molar-refractivity contribution is -0.244. The molecule has 0 radical (unpaired) electrons. The van der Waals surface area contributed by atoms with Crippen LogP contribution in [0.25, 0.3) is 10.4 Å². The molecule has 1 rings (SSSR count). The second-order valence-corrected chi connectivity index (χ2v) is 3.01. The summed E-state index contributed by atoms with van der Waals surface area (Å²) in [4.78, 5) is 2.44. The Hall–Kier alpha value is -0.890. The van der Waals surface area contributed by atoms with Gasteiger partial charge in [-0.3, -0.25) is 0 Å². The van der Waals surface area contributed by atoms with E-state index in [-0.39, 0.29) is 6.54 Å². The highest BCUT2D eigenvalue weighted by Gasteiger charge is 2.52. The van der Waals surface area contributed by atoms with Crippen molar-refractivity contribution < 1.29 is 25.2 Å². The molecule has 1 heterocycles. The molecule has 0 aromatic heterocycles. The summed E-state index contributed by atoms with van der Waals surface area (Å²) in [5.41, 5.74) is 8.01. The van der Waals surface area contributed by atoms with Gasteiger partial charge in [0.2, 0.25) is 5.79 Å². The highest BCUT2D eigenvalue weighted by atomic mass is 16.7. The van der Waals surface area contributed by atoms with Crippen molar-refractivity contribution in [3.05, 3.63) is 10.4 Å². The number of azide groups is 1. The average Bonchev–Trinajstić information content (AvgIpc) is 2.41. The Morgan fingerprint density at radius 2 is 2.14 bits per heavy atom. The fourth-order valence-electron chi connectivity index (χ4n) is 1.26. The summed E-state index contributed by atoms with van der Waals surface area (Å²) in [5, 5.41) is 39.8. The lowest BCUT2D eigenvalue weighted by Crippen LogP contribution is -2.46. The number of hydrogen-bond acceptors (Lipinski definition) is 6. The zero-order chi connectivity index (χ0) is 10.8. The van der Waals surface area contributed by atoms with Gasteiger partial charge in [-0.15, -0.1) is 0 Å². The summed E-state index contributed by atoms with van der Waals surface area (Å²) in [7, 11) is 0. The molecule has 0 unspecified atom stereocenters. The van der Waals surface area contributed by atoms with Crippen LogP contribution >= 0.6 is 0 Å². The van der Waals surface area contributed by atoms with Crippen molar-refractivity contribution in [2.24, 2.45) is 5.11 Å². The van der Waals surface area contributed by atoms with E-state index < -0.39 is 30.7 Å². The molecule has 8 heteroatoms. The minimum absolute atomic E-state index is 0.225. The van der Waals surface area contributed by atoms with Crippen LogP contribution in [0.3, 0.4) is 0 Å². The van der Waals surface area contributed by atoms with E-state index in [9.17, 15) is 15.3 Å². The first-order valence-electron chi connectivity index (χ1n) is 3.93. The maximum atomic E-state index is 9.39. The van der Waals surface area contributed by atoms with Gasteiger partial charge in [0.25, 0.3) is 0 Å². The Balaban J connectivity index is 2.71. The molecule has 1 fully saturated rings. The Labute approximate surface area is 79.0 Å². The van der Waals surface area contributed by atoms with Gasteiger partial charge < -0.3 is 25.2 Å². The molecule has 8 nitrogen and oxygen atoms in total. The van der Waals surface area contributed by atoms with Crippen molar-refractivity contribution in [3.63, 3.8) is 0 Å². The van der Waals surface area contributed by atoms with E-state index in [1.54, 1.807) is 0 Å². The van der Waals surface area contributed by atoms with Crippen LogP contribution < -0.4 is 0 Å². The van der Waals surface area contributed by atoms with Crippen molar-refractivity contribution in [1.29, 1.82) is 0 Å². The fraction of sp³-hybridized carbons (Fsp3) is 1.00. The van der Waals surface area contributed by atoms with Crippen LogP contribution in [-0.2, 0) is 4.74 Å². The number of aliphatic hydroxyl groups excluding tert-OH is 3. The summed E-state index contributed by atoms with van der Waals surface area (Å²) in [5.74, 6) is -2.19. The molecule has 0 aromatic carbocycles. The van der Waals surface area contributed by atoms with Crippen LogP contribution in [0.2, 0.25) is 0 Å². The lowest BCUT2D eigenvalue weighted by Gasteiger charge is -2.22. The SMILES string of the molecule is [N-]=[N+]=NC[C@H]1O[C@](O)(CO)[C@@H](O)[C@H]1O. The maximum absolute atomic E-state index is 9.39. The van der Waals surface area contributed by atoms with Crippen molar-refractivity contribution in [3.8, 4) is 0 Å². The largest absolute Gasteiger partial charge is 0.391 e. The van der Waals surface area contributed by atoms with Crippen molar-refractivity contribution in [2.45, 2.75) is 24.1 Å². The molecule has 0 amide bonds. The van der Waals surface area contributed by atoms with Crippen LogP contribution in [0, 0.1) is 0 Å². The number of aliphatic hydroxyl groups is 4. The third-order valence-corrected chi connectivity index (χ3v) is 2.07. The van der Waals surface area contributed by atoms with Gasteiger partial charge in [-0.1, -0.05) is 5.11 Å². The van der Waals surface area contributed by atoms with Gasteiger partial charge >= 0.3 is 0 Å². The average molecular weight is 205 g/mol. The number of hydrogen-bond donors (Lipinski definition) is 4. The first-order chi connectivity index (χ1) is 6.55. The van der Waals surface area contributed by atoms with Gasteiger partial charge in [0.1, 0.15) is 12.2 Å². The standard InChI is InChI=1S/C6H11N3O5/c7-9-8-1-3-4(11)5(12)6(13,2-10)14-3/h3-5,10-13H,1-2H2/t3-,4+,5+,6-/m1/s1. The molecular weight excluding hydrogens is 194 g/mol. The van der Waals surface area contributed by atoms with Crippen molar-refractivity contribution in [2.75, 3.05) is 13.2 Å². The predicted octanol–water partition coefficient (Wildman–Crippen LogP) is -1.90. The molecule has 1 aliphatic heterocycles. The van der Waals surface area contributed by atoms with E-state index >= 15 is 0 Å². The lowest BCUT2D eigenvalue weighted by atomic mass is 10.1. The van der Waals surface area contributed by atoms with Crippen LogP contribution in [-0.4, -0.2) is 57.7 Å². The Morgan fingerprint density at radius 3 is 2.57 bits per heavy atom. The fourth-order valence-corrected chi connectivity index (χ4v) is 1.26. The summed E-state index contributed by atoms with van der Waals surface area (Å²) in [6.45, 7) is -1.07. The predicted molar refractivity (Wildman–Crippen MR) is 42.9 cm³/mol. The van der Waals surface area contributed by atoms with Gasteiger partial charge in [-0.25, -0.2) is 0 Å². The minimum atomic E-state index is -2.19. The van der Waals surface area contributed by atoms with E-state index in [1.165, 1.54) is 0 Å². The third-order valence-electron chi connectivity index (χ3n) is 2.07. The van der Waals surface area contributed by atoms with Crippen molar-refractivity contribution in [1.82, 2.24) is 0 Å². The quantitative estimate of drug-likeness (QED) is 0.242. The minimum Gasteiger partial charge on any atom is -0.391 e. The highest BCUT2D eigenvalue weighted by Crippen LogP contribution is 2.28. The molecule has 0 aromatic rings. The second-order valence-electron chi connectivity index (χ2n) is 3.01. The van der Waals surface area contributed by atoms with Crippen LogP contribution in [0.15, 0.2) is 5.11 Å². The Kier molecular flexibility index (Phi) is 3.27. The molecule has 0 spiro atoms. The second kappa shape index (κ2) is 4.09. The maximum Gasteiger partial charge on any atom is 0.219 e. The first-order valence-corrected chi connectivity index (χ1v) is 3.93. The summed E-state index contributed by atoms with van der Waals surface area (Å²) in [6.07, 6.45) is -4.03. The van der Waals surface area contributed by atoms with E-state index in [0.717, 1.165) is 0 Å². The Bertz CT molecular complexity index is 256. The molecule has 0 aliphatic carbocycles. The number of nitrogens with zero attached hydrogens (tertiary/aromatic N) is 3. The van der Waals surface area contributed by atoms with E-state index in [4.69, 9.17) is 15.4 Å². The molecular formula is C6H11N3O5. The van der Waals surface area contributed by atoms with Crippen LogP contribution in [0.4, 0.5) is 0 Å². The monoisotopic (exact) mass is 205 g/mol. The zero-order valence-corrected chi connectivity index (χ0v) is 7.19.